The Hall–Kier alpha value is -2.07. The Balaban J connectivity index is 1.85. The molecule has 104 valence electrons. The van der Waals surface area contributed by atoms with Crippen LogP contribution in [-0.2, 0) is 4.79 Å². The van der Waals surface area contributed by atoms with Gasteiger partial charge in [0.2, 0.25) is 5.91 Å². The second-order valence-corrected chi connectivity index (χ2v) is 5.01. The van der Waals surface area contributed by atoms with E-state index in [4.69, 9.17) is 4.42 Å². The number of rotatable bonds is 4. The van der Waals surface area contributed by atoms with Gasteiger partial charge in [0.25, 0.3) is 0 Å². The van der Waals surface area contributed by atoms with Crippen LogP contribution in [0.5, 0.6) is 0 Å². The largest absolute Gasteiger partial charge is 0.467 e. The van der Waals surface area contributed by atoms with Crippen LogP contribution in [-0.4, -0.2) is 18.5 Å². The first-order valence-electron chi connectivity index (χ1n) is 6.97. The molecule has 0 bridgehead atoms. The van der Waals surface area contributed by atoms with Crippen molar-refractivity contribution in [2.75, 3.05) is 6.54 Å². The molecule has 1 aromatic heterocycles. The monoisotopic (exact) mass is 270 g/mol. The van der Waals surface area contributed by atoms with Crippen molar-refractivity contribution in [3.8, 4) is 0 Å². The Morgan fingerprint density at radius 2 is 2.05 bits per heavy atom. The van der Waals surface area contributed by atoms with Crippen molar-refractivity contribution in [1.29, 1.82) is 0 Å². The Morgan fingerprint density at radius 1 is 1.20 bits per heavy atom. The quantitative estimate of drug-likeness (QED) is 0.896. The van der Waals surface area contributed by atoms with Gasteiger partial charge in [-0.15, -0.1) is 0 Å². The van der Waals surface area contributed by atoms with Gasteiger partial charge in [0.15, 0.2) is 0 Å². The fraction of sp³-hybridized carbons (Fsp3) is 0.312. The number of carbonyl (C=O) groups excluding carboxylic acids is 1. The molecule has 2 unspecified atom stereocenters. The summed E-state index contributed by atoms with van der Waals surface area (Å²) in [6.45, 7) is 0.772. The molecule has 4 nitrogen and oxygen atoms in total. The van der Waals surface area contributed by atoms with Crippen LogP contribution < -0.4 is 10.6 Å². The van der Waals surface area contributed by atoms with Gasteiger partial charge in [0, 0.05) is 6.54 Å². The van der Waals surface area contributed by atoms with E-state index in [0.717, 1.165) is 30.7 Å². The number of hydrogen-bond donors (Lipinski definition) is 2. The van der Waals surface area contributed by atoms with E-state index in [0.29, 0.717) is 0 Å². The lowest BCUT2D eigenvalue weighted by atomic mass is 10.0. The molecule has 0 saturated carbocycles. The van der Waals surface area contributed by atoms with Crippen LogP contribution in [0.25, 0.3) is 0 Å². The van der Waals surface area contributed by atoms with E-state index >= 15 is 0 Å². The molecule has 4 heteroatoms. The van der Waals surface area contributed by atoms with Gasteiger partial charge in [-0.25, -0.2) is 0 Å². The van der Waals surface area contributed by atoms with Crippen LogP contribution in [0.3, 0.4) is 0 Å². The Kier molecular flexibility index (Phi) is 3.83. The average Bonchev–Trinajstić information content (AvgIpc) is 3.01. The maximum Gasteiger partial charge on any atom is 0.237 e. The van der Waals surface area contributed by atoms with Crippen LogP contribution in [0.4, 0.5) is 0 Å². The van der Waals surface area contributed by atoms with E-state index in [1.54, 1.807) is 6.26 Å². The molecule has 1 amide bonds. The van der Waals surface area contributed by atoms with E-state index in [2.05, 4.69) is 10.6 Å². The van der Waals surface area contributed by atoms with Crippen molar-refractivity contribution < 1.29 is 9.21 Å². The molecule has 0 aliphatic carbocycles. The first-order chi connectivity index (χ1) is 9.84. The predicted octanol–water partition coefficient (Wildman–Crippen LogP) is 2.24. The third-order valence-corrected chi connectivity index (χ3v) is 3.61. The Labute approximate surface area is 118 Å². The highest BCUT2D eigenvalue weighted by Crippen LogP contribution is 2.24. The highest BCUT2D eigenvalue weighted by atomic mass is 16.3. The van der Waals surface area contributed by atoms with Gasteiger partial charge in [0.1, 0.15) is 5.76 Å². The number of benzene rings is 1. The van der Waals surface area contributed by atoms with Gasteiger partial charge in [0.05, 0.1) is 18.3 Å². The first kappa shape index (κ1) is 12.9. The van der Waals surface area contributed by atoms with Gasteiger partial charge < -0.3 is 9.73 Å². The molecule has 2 aromatic rings. The van der Waals surface area contributed by atoms with Gasteiger partial charge in [-0.2, -0.15) is 0 Å². The Bertz CT molecular complexity index is 551. The third kappa shape index (κ3) is 2.75. The summed E-state index contributed by atoms with van der Waals surface area (Å²) >= 11 is 0. The third-order valence-electron chi connectivity index (χ3n) is 3.61. The van der Waals surface area contributed by atoms with Gasteiger partial charge >= 0.3 is 0 Å². The SMILES string of the molecule is O=C1NCCCC1NC(c1ccccc1)c1ccco1. The van der Waals surface area contributed by atoms with Crippen LogP contribution in [0.2, 0.25) is 0 Å². The molecule has 1 aromatic carbocycles. The zero-order valence-corrected chi connectivity index (χ0v) is 11.2. The predicted molar refractivity (Wildman–Crippen MR) is 76.2 cm³/mol. The van der Waals surface area contributed by atoms with Crippen LogP contribution in [0.1, 0.15) is 30.2 Å². The zero-order valence-electron chi connectivity index (χ0n) is 11.2. The first-order valence-corrected chi connectivity index (χ1v) is 6.97. The topological polar surface area (TPSA) is 54.3 Å². The highest BCUT2D eigenvalue weighted by Gasteiger charge is 2.27. The van der Waals surface area contributed by atoms with Crippen LogP contribution >= 0.6 is 0 Å². The lowest BCUT2D eigenvalue weighted by molar-refractivity contribution is -0.124. The summed E-state index contributed by atoms with van der Waals surface area (Å²) in [6.07, 6.45) is 3.52. The van der Waals surface area contributed by atoms with Crippen molar-refractivity contribution in [2.45, 2.75) is 24.9 Å². The number of amides is 1. The number of furan rings is 1. The lowest BCUT2D eigenvalue weighted by Crippen LogP contribution is -2.49. The van der Waals surface area contributed by atoms with Gasteiger partial charge in [-0.3, -0.25) is 10.1 Å². The normalized spacial score (nSPS) is 20.4. The van der Waals surface area contributed by atoms with Crippen molar-refractivity contribution in [1.82, 2.24) is 10.6 Å². The lowest BCUT2D eigenvalue weighted by Gasteiger charge is -2.27. The van der Waals surface area contributed by atoms with E-state index in [1.165, 1.54) is 0 Å². The summed E-state index contributed by atoms with van der Waals surface area (Å²) < 4.78 is 5.53. The molecular formula is C16H18N2O2. The molecule has 2 N–H and O–H groups in total. The average molecular weight is 270 g/mol. The summed E-state index contributed by atoms with van der Waals surface area (Å²) in [6, 6.07) is 13.6. The van der Waals surface area contributed by atoms with Crippen molar-refractivity contribution >= 4 is 5.91 Å². The minimum absolute atomic E-state index is 0.0729. The number of carbonyl (C=O) groups is 1. The molecule has 1 fully saturated rings. The molecule has 1 aliphatic heterocycles. The van der Waals surface area contributed by atoms with Crippen molar-refractivity contribution in [2.24, 2.45) is 0 Å². The Morgan fingerprint density at radius 3 is 2.75 bits per heavy atom. The van der Waals surface area contributed by atoms with Gasteiger partial charge in [-0.05, 0) is 30.5 Å². The van der Waals surface area contributed by atoms with Crippen LogP contribution in [0.15, 0.2) is 53.1 Å². The fourth-order valence-electron chi connectivity index (χ4n) is 2.58. The van der Waals surface area contributed by atoms with Crippen molar-refractivity contribution in [3.05, 3.63) is 60.1 Å². The molecule has 20 heavy (non-hydrogen) atoms. The van der Waals surface area contributed by atoms with E-state index in [9.17, 15) is 4.79 Å². The molecular weight excluding hydrogens is 252 g/mol. The highest BCUT2D eigenvalue weighted by molar-refractivity contribution is 5.82. The fourth-order valence-corrected chi connectivity index (χ4v) is 2.58. The minimum Gasteiger partial charge on any atom is -0.467 e. The second kappa shape index (κ2) is 5.92. The molecule has 1 saturated heterocycles. The summed E-state index contributed by atoms with van der Waals surface area (Å²) in [4.78, 5) is 11.9. The van der Waals surface area contributed by atoms with E-state index < -0.39 is 0 Å². The standard InChI is InChI=1S/C16H18N2O2/c19-16-13(8-4-10-17-16)18-15(14-9-5-11-20-14)12-6-2-1-3-7-12/h1-3,5-7,9,11,13,15,18H,4,8,10H2,(H,17,19). The van der Waals surface area contributed by atoms with Gasteiger partial charge in [-0.1, -0.05) is 30.3 Å². The summed E-state index contributed by atoms with van der Waals surface area (Å²) in [7, 11) is 0. The maximum absolute atomic E-state index is 11.9. The summed E-state index contributed by atoms with van der Waals surface area (Å²) in [5.74, 6) is 0.901. The molecule has 2 atom stereocenters. The van der Waals surface area contributed by atoms with E-state index in [1.807, 2.05) is 42.5 Å². The summed E-state index contributed by atoms with van der Waals surface area (Å²) in [5, 5.41) is 6.32. The minimum atomic E-state index is -0.168. The molecule has 2 heterocycles. The smallest absolute Gasteiger partial charge is 0.237 e. The maximum atomic E-state index is 11.9. The molecule has 3 rings (SSSR count). The molecule has 1 aliphatic rings. The molecule has 0 spiro atoms. The van der Waals surface area contributed by atoms with Crippen LogP contribution in [0, 0.1) is 0 Å². The number of piperidine rings is 1. The number of nitrogens with one attached hydrogen (secondary N) is 2. The summed E-state index contributed by atoms with van der Waals surface area (Å²) in [5.41, 5.74) is 1.10. The van der Waals surface area contributed by atoms with Crippen molar-refractivity contribution in [3.63, 3.8) is 0 Å². The van der Waals surface area contributed by atoms with E-state index in [-0.39, 0.29) is 18.0 Å². The molecule has 0 radical (unpaired) electrons. The zero-order chi connectivity index (χ0) is 13.8. The second-order valence-electron chi connectivity index (χ2n) is 5.01. The number of hydrogen-bond acceptors (Lipinski definition) is 3.